The molecule has 0 spiro atoms. The summed E-state index contributed by atoms with van der Waals surface area (Å²) in [5.41, 5.74) is 6.62. The summed E-state index contributed by atoms with van der Waals surface area (Å²) in [6, 6.07) is 6.47. The van der Waals surface area contributed by atoms with Crippen molar-refractivity contribution in [1.29, 1.82) is 0 Å². The van der Waals surface area contributed by atoms with Gasteiger partial charge in [0.05, 0.1) is 0 Å². The monoisotopic (exact) mass is 231 g/mol. The number of benzene rings is 1. The van der Waals surface area contributed by atoms with E-state index in [2.05, 4.69) is 4.99 Å². The highest BCUT2D eigenvalue weighted by Gasteiger charge is 2.43. The van der Waals surface area contributed by atoms with E-state index in [1.54, 1.807) is 23.1 Å². The quantitative estimate of drug-likeness (QED) is 0.807. The Morgan fingerprint density at radius 1 is 1.41 bits per heavy atom. The number of hydrogen-bond donors (Lipinski definition) is 2. The summed E-state index contributed by atoms with van der Waals surface area (Å²) in [4.78, 5) is 17.3. The topological polar surface area (TPSA) is 78.9 Å². The van der Waals surface area contributed by atoms with Crippen molar-refractivity contribution >= 4 is 11.9 Å². The zero-order chi connectivity index (χ0) is 12.0. The van der Waals surface area contributed by atoms with Gasteiger partial charge >= 0.3 is 6.03 Å². The van der Waals surface area contributed by atoms with Gasteiger partial charge in [-0.15, -0.1) is 0 Å². The van der Waals surface area contributed by atoms with E-state index in [1.807, 2.05) is 6.07 Å². The molecule has 1 saturated carbocycles. The Hall–Kier alpha value is -2.04. The van der Waals surface area contributed by atoms with Gasteiger partial charge in [0.15, 0.2) is 0 Å². The van der Waals surface area contributed by atoms with Crippen LogP contribution >= 0.6 is 0 Å². The number of aromatic hydroxyl groups is 1. The van der Waals surface area contributed by atoms with E-state index in [0.717, 1.165) is 18.4 Å². The number of carbonyl (C=O) groups excluding carboxylic acids is 1. The van der Waals surface area contributed by atoms with E-state index in [9.17, 15) is 9.90 Å². The molecule has 2 aliphatic rings. The van der Waals surface area contributed by atoms with Crippen LogP contribution in [0.1, 0.15) is 24.4 Å². The van der Waals surface area contributed by atoms with E-state index in [0.29, 0.717) is 5.84 Å². The van der Waals surface area contributed by atoms with Gasteiger partial charge in [-0.25, -0.2) is 4.79 Å². The largest absolute Gasteiger partial charge is 0.508 e. The molecule has 5 nitrogen and oxygen atoms in total. The molecule has 0 saturated heterocycles. The van der Waals surface area contributed by atoms with Gasteiger partial charge < -0.3 is 15.7 Å². The average molecular weight is 231 g/mol. The van der Waals surface area contributed by atoms with Crippen LogP contribution in [0.4, 0.5) is 4.79 Å². The first-order chi connectivity index (χ1) is 8.16. The molecule has 1 aliphatic carbocycles. The van der Waals surface area contributed by atoms with Crippen molar-refractivity contribution in [2.45, 2.75) is 24.9 Å². The van der Waals surface area contributed by atoms with Gasteiger partial charge in [-0.05, 0) is 30.5 Å². The van der Waals surface area contributed by atoms with E-state index >= 15 is 0 Å². The first-order valence-electron chi connectivity index (χ1n) is 5.62. The van der Waals surface area contributed by atoms with Crippen LogP contribution in [0.2, 0.25) is 0 Å². The molecule has 0 radical (unpaired) electrons. The Morgan fingerprint density at radius 2 is 2.18 bits per heavy atom. The summed E-state index contributed by atoms with van der Waals surface area (Å²) in [6.45, 7) is 0. The second-order valence-corrected chi connectivity index (χ2v) is 4.46. The molecule has 1 aromatic carbocycles. The third-order valence-corrected chi connectivity index (χ3v) is 3.13. The normalized spacial score (nSPS) is 24.0. The van der Waals surface area contributed by atoms with Crippen molar-refractivity contribution in [2.75, 3.05) is 0 Å². The number of amidine groups is 1. The minimum atomic E-state index is -0.318. The highest BCUT2D eigenvalue weighted by molar-refractivity contribution is 6.03. The van der Waals surface area contributed by atoms with Crippen LogP contribution < -0.4 is 5.73 Å². The summed E-state index contributed by atoms with van der Waals surface area (Å²) in [5.74, 6) is 0.484. The number of hydrogen-bond acceptors (Lipinski definition) is 3. The van der Waals surface area contributed by atoms with Gasteiger partial charge in [0, 0.05) is 6.04 Å². The number of rotatable bonds is 2. The highest BCUT2D eigenvalue weighted by Crippen LogP contribution is 2.38. The van der Waals surface area contributed by atoms with Crippen molar-refractivity contribution in [1.82, 2.24) is 4.90 Å². The SMILES string of the molecule is NC1=NC(=O)N(C2CC2)C1c1cccc(O)c1. The summed E-state index contributed by atoms with van der Waals surface area (Å²) >= 11 is 0. The van der Waals surface area contributed by atoms with Crippen LogP contribution in [-0.4, -0.2) is 27.9 Å². The fraction of sp³-hybridized carbons (Fsp3) is 0.333. The van der Waals surface area contributed by atoms with Crippen LogP contribution in [0.25, 0.3) is 0 Å². The second kappa shape index (κ2) is 3.48. The average Bonchev–Trinajstić information content (AvgIpc) is 3.04. The van der Waals surface area contributed by atoms with Crippen molar-refractivity contribution in [2.24, 2.45) is 10.7 Å². The molecule has 88 valence electrons. The predicted octanol–water partition coefficient (Wildman–Crippen LogP) is 1.39. The number of urea groups is 1. The fourth-order valence-electron chi connectivity index (χ4n) is 2.23. The number of amides is 2. The minimum Gasteiger partial charge on any atom is -0.508 e. The van der Waals surface area contributed by atoms with Crippen LogP contribution in [0.3, 0.4) is 0 Å². The van der Waals surface area contributed by atoms with E-state index in [4.69, 9.17) is 5.73 Å². The number of aliphatic imine (C=N–C) groups is 1. The Labute approximate surface area is 98.6 Å². The van der Waals surface area contributed by atoms with Crippen molar-refractivity contribution in [3.05, 3.63) is 29.8 Å². The maximum absolute atomic E-state index is 11.7. The molecule has 17 heavy (non-hydrogen) atoms. The lowest BCUT2D eigenvalue weighted by molar-refractivity contribution is 0.203. The Bertz CT molecular complexity index is 508. The Kier molecular flexibility index (Phi) is 2.07. The summed E-state index contributed by atoms with van der Waals surface area (Å²) in [7, 11) is 0. The molecule has 1 aliphatic heterocycles. The maximum Gasteiger partial charge on any atom is 0.346 e. The van der Waals surface area contributed by atoms with Gasteiger partial charge in [0.2, 0.25) is 0 Å². The van der Waals surface area contributed by atoms with E-state index < -0.39 is 0 Å². The first kappa shape index (κ1) is 10.1. The number of phenolic OH excluding ortho intramolecular Hbond substituents is 1. The van der Waals surface area contributed by atoms with Gasteiger partial charge in [0.1, 0.15) is 17.6 Å². The first-order valence-corrected chi connectivity index (χ1v) is 5.62. The van der Waals surface area contributed by atoms with Crippen LogP contribution in [0, 0.1) is 0 Å². The molecule has 3 N–H and O–H groups in total. The Balaban J connectivity index is 1.99. The molecule has 1 unspecified atom stereocenters. The van der Waals surface area contributed by atoms with Crippen LogP contribution in [0.5, 0.6) is 5.75 Å². The van der Waals surface area contributed by atoms with Gasteiger partial charge in [-0.1, -0.05) is 12.1 Å². The fourth-order valence-corrected chi connectivity index (χ4v) is 2.23. The minimum absolute atomic E-state index is 0.172. The lowest BCUT2D eigenvalue weighted by atomic mass is 10.0. The molecular formula is C12H13N3O2. The van der Waals surface area contributed by atoms with E-state index in [1.165, 1.54) is 0 Å². The van der Waals surface area contributed by atoms with E-state index in [-0.39, 0.29) is 23.9 Å². The number of nitrogens with two attached hydrogens (primary N) is 1. The summed E-state index contributed by atoms with van der Waals surface area (Å²) in [5, 5.41) is 9.48. The zero-order valence-corrected chi connectivity index (χ0v) is 9.21. The molecule has 5 heteroatoms. The molecule has 0 bridgehead atoms. The molecule has 3 rings (SSSR count). The molecule has 1 aromatic rings. The third-order valence-electron chi connectivity index (χ3n) is 3.13. The van der Waals surface area contributed by atoms with Gasteiger partial charge in [-0.2, -0.15) is 4.99 Å². The van der Waals surface area contributed by atoms with Crippen LogP contribution in [-0.2, 0) is 0 Å². The summed E-state index contributed by atoms with van der Waals surface area (Å²) < 4.78 is 0. The third kappa shape index (κ3) is 1.63. The Morgan fingerprint density at radius 3 is 2.82 bits per heavy atom. The maximum atomic E-state index is 11.7. The van der Waals surface area contributed by atoms with Crippen molar-refractivity contribution < 1.29 is 9.90 Å². The highest BCUT2D eigenvalue weighted by atomic mass is 16.3. The number of phenols is 1. The number of nitrogens with zero attached hydrogens (tertiary/aromatic N) is 2. The second-order valence-electron chi connectivity index (χ2n) is 4.46. The molecule has 1 fully saturated rings. The smallest absolute Gasteiger partial charge is 0.346 e. The molecule has 0 aromatic heterocycles. The molecule has 1 atom stereocenters. The zero-order valence-electron chi connectivity index (χ0n) is 9.21. The van der Waals surface area contributed by atoms with Crippen molar-refractivity contribution in [3.8, 4) is 5.75 Å². The van der Waals surface area contributed by atoms with Crippen molar-refractivity contribution in [3.63, 3.8) is 0 Å². The van der Waals surface area contributed by atoms with Crippen LogP contribution in [0.15, 0.2) is 29.3 Å². The standard InChI is InChI=1S/C12H13N3O2/c13-11-10(7-2-1-3-9(16)6-7)15(8-4-5-8)12(17)14-11/h1-3,6,8,10,16H,4-5H2,(H2,13,14,17). The molecule has 2 amide bonds. The molecular weight excluding hydrogens is 218 g/mol. The van der Waals surface area contributed by atoms with Gasteiger partial charge in [0.25, 0.3) is 0 Å². The lowest BCUT2D eigenvalue weighted by Gasteiger charge is -2.24. The molecule has 1 heterocycles. The predicted molar refractivity (Wildman–Crippen MR) is 62.7 cm³/mol. The lowest BCUT2D eigenvalue weighted by Crippen LogP contribution is -2.34. The number of carbonyl (C=O) groups is 1. The summed E-state index contributed by atoms with van der Waals surface area (Å²) in [6.07, 6.45) is 2.01. The van der Waals surface area contributed by atoms with Gasteiger partial charge in [-0.3, -0.25) is 0 Å².